The zero-order chi connectivity index (χ0) is 12.0. The Labute approximate surface area is 109 Å². The molecule has 1 aliphatic carbocycles. The second kappa shape index (κ2) is 4.04. The number of halogens is 2. The van der Waals surface area contributed by atoms with Crippen LogP contribution in [0.15, 0.2) is 22.7 Å². The van der Waals surface area contributed by atoms with Gasteiger partial charge < -0.3 is 5.11 Å². The van der Waals surface area contributed by atoms with E-state index < -0.39 is 5.60 Å². The molecule has 1 aliphatic heterocycles. The fourth-order valence-corrected chi connectivity index (χ4v) is 2.94. The summed E-state index contributed by atoms with van der Waals surface area (Å²) in [5.41, 5.74) is 0.220. The molecule has 1 aromatic rings. The maximum atomic E-state index is 13.6. The number of hydrogen-bond donors (Lipinski definition) is 1. The van der Waals surface area contributed by atoms with Crippen molar-refractivity contribution in [3.63, 3.8) is 0 Å². The summed E-state index contributed by atoms with van der Waals surface area (Å²) in [6.07, 6.45) is 2.30. The molecule has 0 aromatic heterocycles. The van der Waals surface area contributed by atoms with Crippen molar-refractivity contribution in [2.24, 2.45) is 5.92 Å². The van der Waals surface area contributed by atoms with Crippen LogP contribution < -0.4 is 0 Å². The van der Waals surface area contributed by atoms with Crippen molar-refractivity contribution >= 4 is 15.9 Å². The zero-order valence-corrected chi connectivity index (χ0v) is 11.1. The molecule has 0 atom stereocenters. The second-order valence-electron chi connectivity index (χ2n) is 5.26. The summed E-state index contributed by atoms with van der Waals surface area (Å²) >= 11 is 3.25. The summed E-state index contributed by atoms with van der Waals surface area (Å²) in [7, 11) is 0. The van der Waals surface area contributed by atoms with Gasteiger partial charge in [0.25, 0.3) is 0 Å². The van der Waals surface area contributed by atoms with Crippen LogP contribution in [0.25, 0.3) is 0 Å². The normalized spacial score (nSPS) is 23.5. The van der Waals surface area contributed by atoms with Crippen LogP contribution in [0, 0.1) is 11.7 Å². The first-order valence-electron chi connectivity index (χ1n) is 5.95. The number of likely N-dealkylation sites (tertiary alicyclic amines) is 1. The van der Waals surface area contributed by atoms with Gasteiger partial charge in [-0.2, -0.15) is 0 Å². The van der Waals surface area contributed by atoms with Crippen molar-refractivity contribution in [3.8, 4) is 0 Å². The minimum atomic E-state index is -0.480. The molecular weight excluding hydrogens is 285 g/mol. The third-order valence-electron chi connectivity index (χ3n) is 3.74. The molecule has 4 heteroatoms. The number of β-amino-alcohol motifs (C(OH)–C–C–N with tert-alkyl or cyclic N) is 1. The molecule has 3 rings (SSSR count). The van der Waals surface area contributed by atoms with Gasteiger partial charge in [0.1, 0.15) is 5.82 Å². The number of nitrogens with zero attached hydrogens (tertiary/aromatic N) is 1. The first-order valence-corrected chi connectivity index (χ1v) is 6.75. The van der Waals surface area contributed by atoms with Crippen LogP contribution in [0.5, 0.6) is 0 Å². The van der Waals surface area contributed by atoms with Crippen LogP contribution in [0.1, 0.15) is 18.4 Å². The van der Waals surface area contributed by atoms with Crippen molar-refractivity contribution in [3.05, 3.63) is 34.1 Å². The lowest BCUT2D eigenvalue weighted by Gasteiger charge is -2.47. The fourth-order valence-electron chi connectivity index (χ4n) is 2.61. The average molecular weight is 300 g/mol. The van der Waals surface area contributed by atoms with E-state index >= 15 is 0 Å². The topological polar surface area (TPSA) is 23.5 Å². The number of rotatable bonds is 3. The van der Waals surface area contributed by atoms with E-state index in [4.69, 9.17) is 0 Å². The van der Waals surface area contributed by atoms with Crippen molar-refractivity contribution in [1.82, 2.24) is 4.90 Å². The number of benzene rings is 1. The smallest absolute Gasteiger partial charge is 0.128 e. The van der Waals surface area contributed by atoms with Crippen molar-refractivity contribution in [1.29, 1.82) is 0 Å². The monoisotopic (exact) mass is 299 g/mol. The van der Waals surface area contributed by atoms with Gasteiger partial charge in [-0.25, -0.2) is 4.39 Å². The quantitative estimate of drug-likeness (QED) is 0.927. The van der Waals surface area contributed by atoms with Crippen molar-refractivity contribution in [2.45, 2.75) is 25.0 Å². The molecule has 0 radical (unpaired) electrons. The molecule has 2 nitrogen and oxygen atoms in total. The molecule has 0 bridgehead atoms. The van der Waals surface area contributed by atoms with Gasteiger partial charge >= 0.3 is 0 Å². The Morgan fingerprint density at radius 3 is 2.71 bits per heavy atom. The lowest BCUT2D eigenvalue weighted by atomic mass is 9.88. The molecule has 1 saturated carbocycles. The van der Waals surface area contributed by atoms with Crippen LogP contribution in [-0.2, 0) is 6.54 Å². The third kappa shape index (κ3) is 2.26. The third-order valence-corrected chi connectivity index (χ3v) is 4.23. The Morgan fingerprint density at radius 2 is 2.12 bits per heavy atom. The SMILES string of the molecule is OC1(C2CC2)CN(Cc2ccc(Br)cc2F)C1. The predicted octanol–water partition coefficient (Wildman–Crippen LogP) is 2.54. The highest BCUT2D eigenvalue weighted by Crippen LogP contribution is 2.44. The van der Waals surface area contributed by atoms with E-state index in [1.165, 1.54) is 6.07 Å². The highest BCUT2D eigenvalue weighted by atomic mass is 79.9. The summed E-state index contributed by atoms with van der Waals surface area (Å²) in [4.78, 5) is 2.10. The summed E-state index contributed by atoms with van der Waals surface area (Å²) < 4.78 is 14.4. The molecule has 1 heterocycles. The highest BCUT2D eigenvalue weighted by molar-refractivity contribution is 9.10. The van der Waals surface area contributed by atoms with Crippen LogP contribution in [0.3, 0.4) is 0 Å². The van der Waals surface area contributed by atoms with E-state index in [0.29, 0.717) is 31.1 Å². The van der Waals surface area contributed by atoms with E-state index in [9.17, 15) is 9.50 Å². The Balaban J connectivity index is 1.61. The average Bonchev–Trinajstić information content (AvgIpc) is 3.02. The molecular formula is C13H15BrFNO. The van der Waals surface area contributed by atoms with E-state index in [2.05, 4.69) is 20.8 Å². The Hall–Kier alpha value is -0.450. The van der Waals surface area contributed by atoms with Gasteiger partial charge in [0.15, 0.2) is 0 Å². The predicted molar refractivity (Wildman–Crippen MR) is 67.1 cm³/mol. The lowest BCUT2D eigenvalue weighted by Crippen LogP contribution is -2.62. The van der Waals surface area contributed by atoms with E-state index in [1.54, 1.807) is 6.07 Å². The Morgan fingerprint density at radius 1 is 1.41 bits per heavy atom. The minimum absolute atomic E-state index is 0.179. The van der Waals surface area contributed by atoms with Gasteiger partial charge in [0.05, 0.1) is 5.60 Å². The molecule has 1 aromatic carbocycles. The van der Waals surface area contributed by atoms with Crippen molar-refractivity contribution in [2.75, 3.05) is 13.1 Å². The standard InChI is InChI=1S/C13H15BrFNO/c14-11-4-1-9(12(15)5-11)6-16-7-13(17,8-16)10-2-3-10/h1,4-5,10,17H,2-3,6-8H2. The maximum absolute atomic E-state index is 13.6. The van der Waals surface area contributed by atoms with Gasteiger partial charge in [0, 0.05) is 29.7 Å². The van der Waals surface area contributed by atoms with Gasteiger partial charge in [-0.3, -0.25) is 4.90 Å². The van der Waals surface area contributed by atoms with Crippen LogP contribution >= 0.6 is 15.9 Å². The van der Waals surface area contributed by atoms with Crippen LogP contribution in [0.4, 0.5) is 4.39 Å². The largest absolute Gasteiger partial charge is 0.387 e. The molecule has 0 unspecified atom stereocenters. The number of aliphatic hydroxyl groups is 1. The molecule has 92 valence electrons. The summed E-state index contributed by atoms with van der Waals surface area (Å²) in [5, 5.41) is 10.2. The van der Waals surface area contributed by atoms with Crippen molar-refractivity contribution < 1.29 is 9.50 Å². The van der Waals surface area contributed by atoms with Gasteiger partial charge in [-0.05, 0) is 30.9 Å². The minimum Gasteiger partial charge on any atom is -0.387 e. The molecule has 17 heavy (non-hydrogen) atoms. The molecule has 0 spiro atoms. The first-order chi connectivity index (χ1) is 8.07. The van der Waals surface area contributed by atoms with Gasteiger partial charge in [-0.1, -0.05) is 22.0 Å². The molecule has 1 saturated heterocycles. The first kappa shape index (κ1) is 11.6. The van der Waals surface area contributed by atoms with E-state index in [0.717, 1.165) is 17.3 Å². The Bertz CT molecular complexity index is 441. The van der Waals surface area contributed by atoms with Crippen LogP contribution in [0.2, 0.25) is 0 Å². The summed E-state index contributed by atoms with van der Waals surface area (Å²) in [5.74, 6) is 0.315. The van der Waals surface area contributed by atoms with Crippen LogP contribution in [-0.4, -0.2) is 28.7 Å². The van der Waals surface area contributed by atoms with E-state index in [-0.39, 0.29) is 5.82 Å². The maximum Gasteiger partial charge on any atom is 0.128 e. The molecule has 2 aliphatic rings. The highest BCUT2D eigenvalue weighted by Gasteiger charge is 2.51. The van der Waals surface area contributed by atoms with Gasteiger partial charge in [0.2, 0.25) is 0 Å². The zero-order valence-electron chi connectivity index (χ0n) is 9.50. The molecule has 1 N–H and O–H groups in total. The second-order valence-corrected chi connectivity index (χ2v) is 6.17. The summed E-state index contributed by atoms with van der Waals surface area (Å²) in [6.45, 7) is 1.97. The Kier molecular flexibility index (Phi) is 2.76. The van der Waals surface area contributed by atoms with E-state index in [1.807, 2.05) is 6.07 Å². The number of hydrogen-bond acceptors (Lipinski definition) is 2. The van der Waals surface area contributed by atoms with Gasteiger partial charge in [-0.15, -0.1) is 0 Å². The molecule has 0 amide bonds. The fraction of sp³-hybridized carbons (Fsp3) is 0.538. The molecule has 2 fully saturated rings. The lowest BCUT2D eigenvalue weighted by molar-refractivity contribution is -0.116. The summed E-state index contributed by atoms with van der Waals surface area (Å²) in [6, 6.07) is 5.14.